The van der Waals surface area contributed by atoms with Crippen molar-refractivity contribution in [3.63, 3.8) is 0 Å². The highest BCUT2D eigenvalue weighted by molar-refractivity contribution is 6.00. The molecule has 0 spiro atoms. The Balaban J connectivity index is 2.27. The number of aromatic carboxylic acids is 1. The third kappa shape index (κ3) is 2.35. The molecule has 104 valence electrons. The number of H-pyrrole nitrogens is 1. The number of aliphatic hydroxyl groups excluding tert-OH is 1. The summed E-state index contributed by atoms with van der Waals surface area (Å²) in [6.45, 7) is 4.56. The lowest BCUT2D eigenvalue weighted by atomic mass is 10.1. The predicted molar refractivity (Wildman–Crippen MR) is 68.3 cm³/mol. The van der Waals surface area contributed by atoms with Crippen molar-refractivity contribution >= 4 is 11.9 Å². The molecular weight excluding hydrogens is 248 g/mol. The number of carboxylic acid groups (broad SMARTS) is 1. The highest BCUT2D eigenvalue weighted by atomic mass is 16.4. The summed E-state index contributed by atoms with van der Waals surface area (Å²) in [4.78, 5) is 27.9. The number of carboxylic acids is 1. The summed E-state index contributed by atoms with van der Waals surface area (Å²) >= 11 is 0. The Hall–Kier alpha value is -1.82. The lowest BCUT2D eigenvalue weighted by molar-refractivity contribution is 0.0690. The van der Waals surface area contributed by atoms with Gasteiger partial charge in [-0.25, -0.2) is 4.79 Å². The zero-order chi connectivity index (χ0) is 14.2. The van der Waals surface area contributed by atoms with Crippen molar-refractivity contribution in [1.29, 1.82) is 0 Å². The van der Waals surface area contributed by atoms with Crippen molar-refractivity contribution in [2.45, 2.75) is 20.3 Å². The van der Waals surface area contributed by atoms with Crippen LogP contribution in [-0.4, -0.2) is 51.7 Å². The van der Waals surface area contributed by atoms with Crippen LogP contribution in [0.5, 0.6) is 0 Å². The van der Waals surface area contributed by atoms with Gasteiger partial charge in [0, 0.05) is 31.3 Å². The molecule has 19 heavy (non-hydrogen) atoms. The Labute approximate surface area is 111 Å². The number of hydrogen-bond acceptors (Lipinski definition) is 3. The standard InChI is InChI=1S/C13H18N2O4/c1-7-10(8(2)14-11(7)13(18)19)12(17)15-4-3-9(5-15)6-16/h9,14,16H,3-6H2,1-2H3,(H,18,19). The van der Waals surface area contributed by atoms with Gasteiger partial charge in [-0.15, -0.1) is 0 Å². The van der Waals surface area contributed by atoms with Crippen LogP contribution in [-0.2, 0) is 0 Å². The summed E-state index contributed by atoms with van der Waals surface area (Å²) in [7, 11) is 0. The number of aromatic nitrogens is 1. The molecule has 1 aliphatic rings. The second-order valence-electron chi connectivity index (χ2n) is 5.02. The number of likely N-dealkylation sites (tertiary alicyclic amines) is 1. The molecule has 1 saturated heterocycles. The van der Waals surface area contributed by atoms with Crippen LogP contribution in [0.25, 0.3) is 0 Å². The van der Waals surface area contributed by atoms with Crippen LogP contribution in [0.3, 0.4) is 0 Å². The van der Waals surface area contributed by atoms with Crippen molar-refractivity contribution in [2.24, 2.45) is 5.92 Å². The van der Waals surface area contributed by atoms with Gasteiger partial charge in [0.1, 0.15) is 5.69 Å². The first-order chi connectivity index (χ1) is 8.95. The maximum Gasteiger partial charge on any atom is 0.352 e. The van der Waals surface area contributed by atoms with Crippen LogP contribution in [0.15, 0.2) is 0 Å². The van der Waals surface area contributed by atoms with Crippen LogP contribution >= 0.6 is 0 Å². The Morgan fingerprint density at radius 3 is 2.58 bits per heavy atom. The Morgan fingerprint density at radius 2 is 2.11 bits per heavy atom. The number of carbonyl (C=O) groups excluding carboxylic acids is 1. The van der Waals surface area contributed by atoms with Gasteiger partial charge >= 0.3 is 5.97 Å². The second kappa shape index (κ2) is 5.05. The highest BCUT2D eigenvalue weighted by Gasteiger charge is 2.30. The van der Waals surface area contributed by atoms with Crippen LogP contribution in [0.1, 0.15) is 38.5 Å². The summed E-state index contributed by atoms with van der Waals surface area (Å²) in [6, 6.07) is 0. The first kappa shape index (κ1) is 13.6. The van der Waals surface area contributed by atoms with Gasteiger partial charge in [0.25, 0.3) is 5.91 Å². The molecule has 0 aliphatic carbocycles. The first-order valence-corrected chi connectivity index (χ1v) is 6.28. The topological polar surface area (TPSA) is 93.6 Å². The first-order valence-electron chi connectivity index (χ1n) is 6.28. The molecule has 2 rings (SSSR count). The molecule has 1 fully saturated rings. The third-order valence-corrected chi connectivity index (χ3v) is 3.70. The Kier molecular flexibility index (Phi) is 3.61. The molecule has 1 atom stereocenters. The number of carbonyl (C=O) groups is 2. The summed E-state index contributed by atoms with van der Waals surface area (Å²) < 4.78 is 0. The monoisotopic (exact) mass is 266 g/mol. The van der Waals surface area contributed by atoms with E-state index in [1.165, 1.54) is 0 Å². The Bertz CT molecular complexity index is 521. The van der Waals surface area contributed by atoms with E-state index in [9.17, 15) is 9.59 Å². The third-order valence-electron chi connectivity index (χ3n) is 3.70. The van der Waals surface area contributed by atoms with Crippen LogP contribution in [0.2, 0.25) is 0 Å². The van der Waals surface area contributed by atoms with Gasteiger partial charge in [0.05, 0.1) is 5.56 Å². The number of amides is 1. The van der Waals surface area contributed by atoms with E-state index in [2.05, 4.69) is 4.98 Å². The fourth-order valence-electron chi connectivity index (χ4n) is 2.61. The molecule has 6 nitrogen and oxygen atoms in total. The van der Waals surface area contributed by atoms with Gasteiger partial charge in [-0.3, -0.25) is 4.79 Å². The molecule has 6 heteroatoms. The average Bonchev–Trinajstić information content (AvgIpc) is 2.93. The van der Waals surface area contributed by atoms with E-state index in [1.54, 1.807) is 18.7 Å². The van der Waals surface area contributed by atoms with Crippen LogP contribution < -0.4 is 0 Å². The van der Waals surface area contributed by atoms with Crippen molar-refractivity contribution in [2.75, 3.05) is 19.7 Å². The van der Waals surface area contributed by atoms with Gasteiger partial charge in [-0.05, 0) is 25.8 Å². The molecule has 2 heterocycles. The zero-order valence-electron chi connectivity index (χ0n) is 11.1. The summed E-state index contributed by atoms with van der Waals surface area (Å²) in [5.74, 6) is -1.09. The summed E-state index contributed by atoms with van der Waals surface area (Å²) in [5, 5.41) is 18.1. The molecule has 0 saturated carbocycles. The number of nitrogens with zero attached hydrogens (tertiary/aromatic N) is 1. The minimum absolute atomic E-state index is 0.0683. The van der Waals surface area contributed by atoms with E-state index in [4.69, 9.17) is 10.2 Å². The Morgan fingerprint density at radius 1 is 1.42 bits per heavy atom. The van der Waals surface area contributed by atoms with Crippen LogP contribution in [0.4, 0.5) is 0 Å². The molecule has 3 N–H and O–H groups in total. The maximum absolute atomic E-state index is 12.4. The second-order valence-corrected chi connectivity index (χ2v) is 5.02. The number of aromatic amines is 1. The van der Waals surface area contributed by atoms with E-state index >= 15 is 0 Å². The fraction of sp³-hybridized carbons (Fsp3) is 0.538. The molecule has 1 unspecified atom stereocenters. The van der Waals surface area contributed by atoms with Crippen molar-refractivity contribution in [3.05, 3.63) is 22.5 Å². The number of aryl methyl sites for hydroxylation is 1. The lowest BCUT2D eigenvalue weighted by Gasteiger charge is -2.16. The molecule has 1 aromatic rings. The maximum atomic E-state index is 12.4. The van der Waals surface area contributed by atoms with E-state index < -0.39 is 5.97 Å². The number of nitrogens with one attached hydrogen (secondary N) is 1. The van der Waals surface area contributed by atoms with Gasteiger partial charge in [0.15, 0.2) is 0 Å². The largest absolute Gasteiger partial charge is 0.477 e. The van der Waals surface area contributed by atoms with Gasteiger partial charge in [-0.2, -0.15) is 0 Å². The van der Waals surface area contributed by atoms with Crippen LogP contribution in [0, 0.1) is 19.8 Å². The van der Waals surface area contributed by atoms with Crippen molar-refractivity contribution in [3.8, 4) is 0 Å². The summed E-state index contributed by atoms with van der Waals surface area (Å²) in [6.07, 6.45) is 0.788. The molecular formula is C13H18N2O4. The lowest BCUT2D eigenvalue weighted by Crippen LogP contribution is -2.29. The molecule has 1 amide bonds. The number of hydrogen-bond donors (Lipinski definition) is 3. The van der Waals surface area contributed by atoms with Gasteiger partial charge in [0.2, 0.25) is 0 Å². The molecule has 0 aromatic carbocycles. The molecule has 0 radical (unpaired) electrons. The van der Waals surface area contributed by atoms with E-state index in [0.29, 0.717) is 29.9 Å². The van der Waals surface area contributed by atoms with Gasteiger partial charge in [-0.1, -0.05) is 0 Å². The smallest absolute Gasteiger partial charge is 0.352 e. The number of aliphatic hydroxyl groups is 1. The van der Waals surface area contributed by atoms with Gasteiger partial charge < -0.3 is 20.1 Å². The van der Waals surface area contributed by atoms with E-state index in [1.807, 2.05) is 0 Å². The normalized spacial score (nSPS) is 18.9. The molecule has 1 aromatic heterocycles. The van der Waals surface area contributed by atoms with E-state index in [0.717, 1.165) is 6.42 Å². The van der Waals surface area contributed by atoms with E-state index in [-0.39, 0.29) is 24.1 Å². The number of rotatable bonds is 3. The predicted octanol–water partition coefficient (Wildman–Crippen LogP) is 0.784. The SMILES string of the molecule is Cc1[nH]c(C(=O)O)c(C)c1C(=O)N1CCC(CO)C1. The average molecular weight is 266 g/mol. The quantitative estimate of drug-likeness (QED) is 0.753. The fourth-order valence-corrected chi connectivity index (χ4v) is 2.61. The zero-order valence-corrected chi connectivity index (χ0v) is 11.1. The molecule has 1 aliphatic heterocycles. The minimum Gasteiger partial charge on any atom is -0.477 e. The van der Waals surface area contributed by atoms with Crippen molar-refractivity contribution < 1.29 is 19.8 Å². The molecule has 0 bridgehead atoms. The highest BCUT2D eigenvalue weighted by Crippen LogP contribution is 2.23. The van der Waals surface area contributed by atoms with Crippen molar-refractivity contribution in [1.82, 2.24) is 9.88 Å². The minimum atomic E-state index is -1.06. The summed E-state index contributed by atoms with van der Waals surface area (Å²) in [5.41, 5.74) is 1.56.